The Balaban J connectivity index is 2.41. The number of amides is 1. The van der Waals surface area contributed by atoms with Gasteiger partial charge >= 0.3 is 0 Å². The van der Waals surface area contributed by atoms with Crippen LogP contribution in [0.4, 0.5) is 10.1 Å². The van der Waals surface area contributed by atoms with E-state index < -0.39 is 11.7 Å². The van der Waals surface area contributed by atoms with Gasteiger partial charge in [-0.1, -0.05) is 23.7 Å². The van der Waals surface area contributed by atoms with Crippen molar-refractivity contribution in [2.75, 3.05) is 11.9 Å². The maximum absolute atomic E-state index is 13.8. The first-order valence-electron chi connectivity index (χ1n) is 5.77. The highest BCUT2D eigenvalue weighted by atomic mass is 35.5. The standard InChI is InChI=1S/C15H10ClFN2O/c1-19(14-5-3-2-4-10(14)9-18)15(20)12-7-6-11(16)8-13(12)17/h2-8H,1H3. The molecule has 0 heterocycles. The maximum atomic E-state index is 13.8. The van der Waals surface area contributed by atoms with Gasteiger partial charge in [-0.3, -0.25) is 4.79 Å². The predicted molar refractivity (Wildman–Crippen MR) is 75.3 cm³/mol. The number of anilines is 1. The fraction of sp³-hybridized carbons (Fsp3) is 0.0667. The number of carbonyl (C=O) groups is 1. The first-order valence-corrected chi connectivity index (χ1v) is 6.14. The third-order valence-electron chi connectivity index (χ3n) is 2.85. The van der Waals surface area contributed by atoms with Gasteiger partial charge in [-0.05, 0) is 30.3 Å². The van der Waals surface area contributed by atoms with Gasteiger partial charge in [0.1, 0.15) is 11.9 Å². The Labute approximate surface area is 120 Å². The largest absolute Gasteiger partial charge is 0.310 e. The molecule has 2 aromatic carbocycles. The van der Waals surface area contributed by atoms with Crippen molar-refractivity contribution in [1.29, 1.82) is 5.26 Å². The molecule has 0 aliphatic heterocycles. The summed E-state index contributed by atoms with van der Waals surface area (Å²) in [5.74, 6) is -1.23. The number of carbonyl (C=O) groups excluding carboxylic acids is 1. The van der Waals surface area contributed by atoms with E-state index in [-0.39, 0.29) is 10.6 Å². The summed E-state index contributed by atoms with van der Waals surface area (Å²) in [4.78, 5) is 13.5. The lowest BCUT2D eigenvalue weighted by atomic mass is 10.1. The molecule has 2 aromatic rings. The summed E-state index contributed by atoms with van der Waals surface area (Å²) >= 11 is 5.66. The summed E-state index contributed by atoms with van der Waals surface area (Å²) in [6.45, 7) is 0. The van der Waals surface area contributed by atoms with Crippen molar-refractivity contribution in [3.8, 4) is 6.07 Å². The Morgan fingerprint density at radius 2 is 2.00 bits per heavy atom. The molecule has 0 atom stereocenters. The van der Waals surface area contributed by atoms with E-state index in [1.165, 1.54) is 24.1 Å². The SMILES string of the molecule is CN(C(=O)c1ccc(Cl)cc1F)c1ccccc1C#N. The van der Waals surface area contributed by atoms with Crippen LogP contribution in [0.1, 0.15) is 15.9 Å². The van der Waals surface area contributed by atoms with Crippen molar-refractivity contribution in [2.24, 2.45) is 0 Å². The van der Waals surface area contributed by atoms with E-state index in [0.29, 0.717) is 11.3 Å². The van der Waals surface area contributed by atoms with Gasteiger partial charge in [-0.2, -0.15) is 5.26 Å². The van der Waals surface area contributed by atoms with Crippen molar-refractivity contribution in [3.05, 3.63) is 64.4 Å². The molecule has 0 spiro atoms. The zero-order valence-corrected chi connectivity index (χ0v) is 11.4. The number of nitrogens with zero attached hydrogens (tertiary/aromatic N) is 2. The number of hydrogen-bond acceptors (Lipinski definition) is 2. The zero-order chi connectivity index (χ0) is 14.7. The first kappa shape index (κ1) is 14.0. The molecular weight excluding hydrogens is 279 g/mol. The van der Waals surface area contributed by atoms with Crippen LogP contribution >= 0.6 is 11.6 Å². The summed E-state index contributed by atoms with van der Waals surface area (Å²) in [6.07, 6.45) is 0. The van der Waals surface area contributed by atoms with Crippen molar-refractivity contribution in [2.45, 2.75) is 0 Å². The van der Waals surface area contributed by atoms with Crippen LogP contribution in [0, 0.1) is 17.1 Å². The van der Waals surface area contributed by atoms with Crippen LogP contribution in [0.15, 0.2) is 42.5 Å². The molecule has 0 bridgehead atoms. The number of rotatable bonds is 2. The van der Waals surface area contributed by atoms with E-state index in [1.54, 1.807) is 24.3 Å². The lowest BCUT2D eigenvalue weighted by molar-refractivity contribution is 0.0989. The monoisotopic (exact) mass is 288 g/mol. The maximum Gasteiger partial charge on any atom is 0.261 e. The lowest BCUT2D eigenvalue weighted by Crippen LogP contribution is -2.27. The molecule has 20 heavy (non-hydrogen) atoms. The van der Waals surface area contributed by atoms with Gasteiger partial charge in [0.25, 0.3) is 5.91 Å². The van der Waals surface area contributed by atoms with Gasteiger partial charge in [0.2, 0.25) is 0 Å². The van der Waals surface area contributed by atoms with Gasteiger partial charge in [0.15, 0.2) is 0 Å². The summed E-state index contributed by atoms with van der Waals surface area (Å²) < 4.78 is 13.8. The highest BCUT2D eigenvalue weighted by Crippen LogP contribution is 2.22. The van der Waals surface area contributed by atoms with E-state index in [0.717, 1.165) is 6.07 Å². The zero-order valence-electron chi connectivity index (χ0n) is 10.6. The van der Waals surface area contributed by atoms with Crippen molar-refractivity contribution in [1.82, 2.24) is 0 Å². The first-order chi connectivity index (χ1) is 9.54. The molecule has 0 N–H and O–H groups in total. The number of nitriles is 1. The second-order valence-electron chi connectivity index (χ2n) is 4.12. The van der Waals surface area contributed by atoms with Crippen molar-refractivity contribution in [3.63, 3.8) is 0 Å². The Kier molecular flexibility index (Phi) is 4.02. The highest BCUT2D eigenvalue weighted by molar-refractivity contribution is 6.30. The predicted octanol–water partition coefficient (Wildman–Crippen LogP) is 3.63. The van der Waals surface area contributed by atoms with Crippen LogP contribution in [0.5, 0.6) is 0 Å². The van der Waals surface area contributed by atoms with E-state index in [9.17, 15) is 9.18 Å². The second kappa shape index (κ2) is 5.72. The Morgan fingerprint density at radius 3 is 2.65 bits per heavy atom. The van der Waals surface area contributed by atoms with Crippen LogP contribution < -0.4 is 4.90 Å². The van der Waals surface area contributed by atoms with Crippen LogP contribution in [-0.4, -0.2) is 13.0 Å². The summed E-state index contributed by atoms with van der Waals surface area (Å²) in [7, 11) is 1.49. The van der Waals surface area contributed by atoms with Crippen molar-refractivity contribution < 1.29 is 9.18 Å². The normalized spacial score (nSPS) is 9.90. The molecule has 2 rings (SSSR count). The fourth-order valence-electron chi connectivity index (χ4n) is 1.81. The van der Waals surface area contributed by atoms with Gasteiger partial charge in [-0.15, -0.1) is 0 Å². The molecule has 0 saturated carbocycles. The molecule has 0 aromatic heterocycles. The molecule has 0 aliphatic carbocycles. The number of benzene rings is 2. The Morgan fingerprint density at radius 1 is 1.30 bits per heavy atom. The summed E-state index contributed by atoms with van der Waals surface area (Å²) in [5.41, 5.74) is 0.678. The molecular formula is C15H10ClFN2O. The average molecular weight is 289 g/mol. The van der Waals surface area contributed by atoms with E-state index >= 15 is 0 Å². The molecule has 5 heteroatoms. The summed E-state index contributed by atoms with van der Waals surface area (Å²) in [5, 5.41) is 9.25. The second-order valence-corrected chi connectivity index (χ2v) is 4.55. The van der Waals surface area contributed by atoms with Gasteiger partial charge in [0.05, 0.1) is 16.8 Å². The van der Waals surface area contributed by atoms with E-state index in [2.05, 4.69) is 0 Å². The molecule has 0 fully saturated rings. The van der Waals surface area contributed by atoms with Gasteiger partial charge in [-0.25, -0.2) is 4.39 Å². The minimum Gasteiger partial charge on any atom is -0.310 e. The third-order valence-corrected chi connectivity index (χ3v) is 3.09. The Bertz CT molecular complexity index is 709. The smallest absolute Gasteiger partial charge is 0.261 e. The molecule has 0 radical (unpaired) electrons. The quantitative estimate of drug-likeness (QED) is 0.847. The number of hydrogen-bond donors (Lipinski definition) is 0. The average Bonchev–Trinajstić information content (AvgIpc) is 2.45. The topological polar surface area (TPSA) is 44.1 Å². The molecule has 0 saturated heterocycles. The van der Waals surface area contributed by atoms with Crippen LogP contribution in [-0.2, 0) is 0 Å². The van der Waals surface area contributed by atoms with Crippen molar-refractivity contribution >= 4 is 23.2 Å². The molecule has 0 aliphatic rings. The number of para-hydroxylation sites is 1. The van der Waals surface area contributed by atoms with E-state index in [1.807, 2.05) is 6.07 Å². The van der Waals surface area contributed by atoms with Crippen LogP contribution in [0.2, 0.25) is 5.02 Å². The van der Waals surface area contributed by atoms with Crippen LogP contribution in [0.25, 0.3) is 0 Å². The molecule has 3 nitrogen and oxygen atoms in total. The number of halogens is 2. The van der Waals surface area contributed by atoms with Gasteiger partial charge < -0.3 is 4.90 Å². The third kappa shape index (κ3) is 2.63. The molecule has 100 valence electrons. The molecule has 1 amide bonds. The van der Waals surface area contributed by atoms with Crippen LogP contribution in [0.3, 0.4) is 0 Å². The highest BCUT2D eigenvalue weighted by Gasteiger charge is 2.19. The Hall–Kier alpha value is -2.38. The molecule has 0 unspecified atom stereocenters. The minimum absolute atomic E-state index is 0.0929. The fourth-order valence-corrected chi connectivity index (χ4v) is 1.97. The van der Waals surface area contributed by atoms with Gasteiger partial charge in [0, 0.05) is 12.1 Å². The summed E-state index contributed by atoms with van der Waals surface area (Å²) in [6, 6.07) is 12.5. The minimum atomic E-state index is -0.691. The van der Waals surface area contributed by atoms with E-state index in [4.69, 9.17) is 16.9 Å². The lowest BCUT2D eigenvalue weighted by Gasteiger charge is -2.18.